The summed E-state index contributed by atoms with van der Waals surface area (Å²) in [5, 5.41) is 8.70. The van der Waals surface area contributed by atoms with Gasteiger partial charge in [0.25, 0.3) is 11.4 Å². The maximum Gasteiger partial charge on any atom is 0.431 e. The number of aliphatic carboxylic acids is 1. The summed E-state index contributed by atoms with van der Waals surface area (Å²) in [5.41, 5.74) is 0.190. The van der Waals surface area contributed by atoms with Crippen molar-refractivity contribution >= 4 is 23.3 Å². The molecule has 0 atom stereocenters. The SMILES string of the molecule is Cn1c(C(F)(F)F)cc(=O)n(-c2cc(Oc3ccc(Cl)nc3OCC(=O)O)c(N)cc2F)c1=O. The Morgan fingerprint density at radius 1 is 1.21 bits per heavy atom. The first-order valence-corrected chi connectivity index (χ1v) is 9.36. The van der Waals surface area contributed by atoms with Gasteiger partial charge in [-0.15, -0.1) is 0 Å². The van der Waals surface area contributed by atoms with E-state index in [1.54, 1.807) is 0 Å². The smallest absolute Gasteiger partial charge is 0.431 e. The van der Waals surface area contributed by atoms with Gasteiger partial charge in [0.1, 0.15) is 16.7 Å². The molecular weight excluding hydrogens is 492 g/mol. The largest absolute Gasteiger partial charge is 0.479 e. The first kappa shape index (κ1) is 24.6. The van der Waals surface area contributed by atoms with Crippen molar-refractivity contribution in [3.63, 3.8) is 0 Å². The summed E-state index contributed by atoms with van der Waals surface area (Å²) in [6.07, 6.45) is -5.01. The van der Waals surface area contributed by atoms with Crippen LogP contribution in [-0.2, 0) is 18.0 Å². The third kappa shape index (κ3) is 4.96. The summed E-state index contributed by atoms with van der Waals surface area (Å²) >= 11 is 5.76. The minimum absolute atomic E-state index is 0.0830. The van der Waals surface area contributed by atoms with E-state index >= 15 is 0 Å². The van der Waals surface area contributed by atoms with E-state index in [0.29, 0.717) is 6.07 Å². The second-order valence-corrected chi connectivity index (χ2v) is 6.99. The highest BCUT2D eigenvalue weighted by Crippen LogP contribution is 2.36. The van der Waals surface area contributed by atoms with E-state index in [2.05, 4.69) is 4.98 Å². The fourth-order valence-electron chi connectivity index (χ4n) is 2.77. The van der Waals surface area contributed by atoms with Crippen LogP contribution in [0.2, 0.25) is 5.15 Å². The molecule has 180 valence electrons. The molecule has 0 saturated carbocycles. The first-order chi connectivity index (χ1) is 15.8. The average Bonchev–Trinajstić information content (AvgIpc) is 2.72. The second kappa shape index (κ2) is 9.05. The van der Waals surface area contributed by atoms with Gasteiger partial charge < -0.3 is 20.3 Å². The molecule has 0 radical (unpaired) electrons. The Morgan fingerprint density at radius 3 is 2.50 bits per heavy atom. The molecule has 15 heteroatoms. The first-order valence-electron chi connectivity index (χ1n) is 8.98. The van der Waals surface area contributed by atoms with Crippen LogP contribution in [0.15, 0.2) is 39.9 Å². The molecule has 0 aliphatic carbocycles. The number of carbonyl (C=O) groups is 1. The molecule has 2 aromatic heterocycles. The summed E-state index contributed by atoms with van der Waals surface area (Å²) in [7, 11) is 0.763. The molecule has 0 bridgehead atoms. The number of benzene rings is 1. The summed E-state index contributed by atoms with van der Waals surface area (Å²) < 4.78 is 64.7. The Kier molecular flexibility index (Phi) is 6.54. The van der Waals surface area contributed by atoms with E-state index in [1.165, 1.54) is 12.1 Å². The molecule has 0 spiro atoms. The lowest BCUT2D eigenvalue weighted by Crippen LogP contribution is -2.41. The van der Waals surface area contributed by atoms with Crippen LogP contribution in [0.1, 0.15) is 5.69 Å². The van der Waals surface area contributed by atoms with Gasteiger partial charge in [0.05, 0.1) is 11.4 Å². The maximum absolute atomic E-state index is 14.6. The molecule has 3 N–H and O–H groups in total. The molecule has 1 aromatic carbocycles. The molecule has 0 unspecified atom stereocenters. The number of nitrogens with two attached hydrogens (primary N) is 1. The number of carboxylic acid groups (broad SMARTS) is 1. The van der Waals surface area contributed by atoms with Crippen molar-refractivity contribution in [2.24, 2.45) is 7.05 Å². The van der Waals surface area contributed by atoms with E-state index < -0.39 is 47.2 Å². The Bertz CT molecular complexity index is 1400. The van der Waals surface area contributed by atoms with Crippen molar-refractivity contribution in [3.05, 3.63) is 67.8 Å². The van der Waals surface area contributed by atoms with Crippen LogP contribution in [0.3, 0.4) is 0 Å². The zero-order chi connectivity index (χ0) is 25.4. The third-order valence-corrected chi connectivity index (χ3v) is 4.48. The van der Waals surface area contributed by atoms with Gasteiger partial charge in [0, 0.05) is 25.2 Å². The predicted octanol–water partition coefficient (Wildman–Crippen LogP) is 2.58. The van der Waals surface area contributed by atoms with Crippen LogP contribution < -0.4 is 26.5 Å². The Morgan fingerprint density at radius 2 is 1.88 bits per heavy atom. The zero-order valence-corrected chi connectivity index (χ0v) is 17.6. The van der Waals surface area contributed by atoms with Gasteiger partial charge in [-0.25, -0.2) is 18.5 Å². The molecule has 0 fully saturated rings. The van der Waals surface area contributed by atoms with E-state index in [4.69, 9.17) is 31.9 Å². The Balaban J connectivity index is 2.13. The summed E-state index contributed by atoms with van der Waals surface area (Å²) in [4.78, 5) is 39.4. The number of nitrogens with zero attached hydrogens (tertiary/aromatic N) is 3. The highest BCUT2D eigenvalue weighted by molar-refractivity contribution is 6.29. The number of hydrogen-bond donors (Lipinski definition) is 2. The quantitative estimate of drug-likeness (QED) is 0.297. The van der Waals surface area contributed by atoms with Gasteiger partial charge in [-0.2, -0.15) is 18.2 Å². The summed E-state index contributed by atoms with van der Waals surface area (Å²) in [6, 6.07) is 4.09. The zero-order valence-electron chi connectivity index (χ0n) is 16.9. The van der Waals surface area contributed by atoms with Crippen molar-refractivity contribution < 1.29 is 36.9 Å². The monoisotopic (exact) mass is 504 g/mol. The van der Waals surface area contributed by atoms with E-state index in [0.717, 1.165) is 13.1 Å². The van der Waals surface area contributed by atoms with Gasteiger partial charge in [-0.05, 0) is 12.1 Å². The van der Waals surface area contributed by atoms with Crippen molar-refractivity contribution in [1.82, 2.24) is 14.1 Å². The molecule has 2 heterocycles. The molecule has 0 saturated heterocycles. The number of ether oxygens (including phenoxy) is 2. The molecule has 34 heavy (non-hydrogen) atoms. The number of aromatic nitrogens is 3. The fraction of sp³-hybridized carbons (Fsp3) is 0.158. The lowest BCUT2D eigenvalue weighted by molar-refractivity contribution is -0.144. The lowest BCUT2D eigenvalue weighted by atomic mass is 10.2. The van der Waals surface area contributed by atoms with Gasteiger partial charge in [-0.1, -0.05) is 11.6 Å². The number of hydrogen-bond acceptors (Lipinski definition) is 7. The molecule has 3 aromatic rings. The fourth-order valence-corrected chi connectivity index (χ4v) is 2.91. The normalized spacial score (nSPS) is 11.4. The standard InChI is InChI=1S/C19H13ClF4N4O6/c1-27-13(19(22,23)24)6-15(29)28(18(27)32)10-5-12(9(25)4-8(10)21)34-11-2-3-14(20)26-17(11)33-7-16(30)31/h2-6H,7,25H2,1H3,(H,30,31). The Hall–Kier alpha value is -4.07. The van der Waals surface area contributed by atoms with Crippen molar-refractivity contribution in [2.75, 3.05) is 12.3 Å². The number of carboxylic acids is 1. The molecule has 10 nitrogen and oxygen atoms in total. The van der Waals surface area contributed by atoms with E-state index in [-0.39, 0.29) is 43.4 Å². The van der Waals surface area contributed by atoms with E-state index in [9.17, 15) is 31.9 Å². The number of nitrogen functional groups attached to an aromatic ring is 1. The van der Waals surface area contributed by atoms with Crippen molar-refractivity contribution in [3.8, 4) is 23.1 Å². The van der Waals surface area contributed by atoms with Crippen LogP contribution in [0.4, 0.5) is 23.2 Å². The highest BCUT2D eigenvalue weighted by Gasteiger charge is 2.35. The maximum atomic E-state index is 14.6. The van der Waals surface area contributed by atoms with Crippen molar-refractivity contribution in [1.29, 1.82) is 0 Å². The molecular formula is C19H13ClF4N4O6. The molecule has 0 amide bonds. The number of anilines is 1. The summed E-state index contributed by atoms with van der Waals surface area (Å²) in [6.45, 7) is -0.815. The predicted molar refractivity (Wildman–Crippen MR) is 109 cm³/mol. The van der Waals surface area contributed by atoms with Crippen LogP contribution in [-0.4, -0.2) is 31.8 Å². The van der Waals surface area contributed by atoms with Gasteiger partial charge in [0.2, 0.25) is 0 Å². The lowest BCUT2D eigenvalue weighted by Gasteiger charge is -2.16. The number of pyridine rings is 1. The number of halogens is 5. The van der Waals surface area contributed by atoms with Gasteiger partial charge in [-0.3, -0.25) is 9.36 Å². The van der Waals surface area contributed by atoms with Crippen LogP contribution in [0.5, 0.6) is 17.4 Å². The molecule has 0 aliphatic rings. The average molecular weight is 505 g/mol. The van der Waals surface area contributed by atoms with Crippen LogP contribution in [0, 0.1) is 5.82 Å². The van der Waals surface area contributed by atoms with Crippen molar-refractivity contribution in [2.45, 2.75) is 6.18 Å². The third-order valence-electron chi connectivity index (χ3n) is 4.27. The number of rotatable bonds is 6. The minimum atomic E-state index is -5.01. The highest BCUT2D eigenvalue weighted by atomic mass is 35.5. The summed E-state index contributed by atoms with van der Waals surface area (Å²) in [5.74, 6) is -3.49. The Labute approximate surface area is 191 Å². The number of alkyl halides is 3. The van der Waals surface area contributed by atoms with Gasteiger partial charge in [0.15, 0.2) is 18.1 Å². The van der Waals surface area contributed by atoms with Crippen LogP contribution >= 0.6 is 11.6 Å². The van der Waals surface area contributed by atoms with Gasteiger partial charge >= 0.3 is 17.8 Å². The van der Waals surface area contributed by atoms with Crippen LogP contribution in [0.25, 0.3) is 5.69 Å². The second-order valence-electron chi connectivity index (χ2n) is 6.61. The topological polar surface area (TPSA) is 139 Å². The molecule has 3 rings (SSSR count). The molecule has 0 aliphatic heterocycles. The van der Waals surface area contributed by atoms with E-state index in [1.807, 2.05) is 0 Å². The minimum Gasteiger partial charge on any atom is -0.479 e.